The summed E-state index contributed by atoms with van der Waals surface area (Å²) >= 11 is 1.37. The molecule has 3 aromatic rings. The molecule has 5 nitrogen and oxygen atoms in total. The maximum absolute atomic E-state index is 12.9. The highest BCUT2D eigenvalue weighted by molar-refractivity contribution is 7.21. The Bertz CT molecular complexity index is 944. The Morgan fingerprint density at radius 3 is 2.56 bits per heavy atom. The lowest BCUT2D eigenvalue weighted by Gasteiger charge is -2.04. The Labute approximate surface area is 148 Å². The van der Waals surface area contributed by atoms with Gasteiger partial charge < -0.3 is 5.11 Å². The first kappa shape index (κ1) is 17.1. The number of hydrogen-bond donors (Lipinski definition) is 1. The summed E-state index contributed by atoms with van der Waals surface area (Å²) in [5, 5.41) is 21.3. The zero-order chi connectivity index (χ0) is 18.0. The monoisotopic (exact) mass is 355 g/mol. The normalized spacial score (nSPS) is 10.9. The first-order valence-corrected chi connectivity index (χ1v) is 8.86. The van der Waals surface area contributed by atoms with E-state index in [0.29, 0.717) is 16.9 Å². The molecule has 0 aliphatic heterocycles. The molecule has 1 aromatic heterocycles. The third kappa shape index (κ3) is 3.39. The van der Waals surface area contributed by atoms with Crippen LogP contribution in [0.15, 0.2) is 42.5 Å². The van der Waals surface area contributed by atoms with Crippen LogP contribution in [0.2, 0.25) is 0 Å². The first-order valence-electron chi connectivity index (χ1n) is 8.04. The largest absolute Gasteiger partial charge is 0.508 e. The zero-order valence-corrected chi connectivity index (χ0v) is 14.5. The number of carbonyl (C=O) groups excluding carboxylic acids is 1. The molecule has 128 valence electrons. The van der Waals surface area contributed by atoms with Crippen LogP contribution in [0, 0.1) is 10.1 Å². The minimum Gasteiger partial charge on any atom is -0.508 e. The molecule has 0 amide bonds. The molecule has 25 heavy (non-hydrogen) atoms. The number of hydrogen-bond acceptors (Lipinski definition) is 5. The number of unbranched alkanes of at least 4 members (excludes halogenated alkanes) is 1. The zero-order valence-electron chi connectivity index (χ0n) is 13.7. The van der Waals surface area contributed by atoms with Gasteiger partial charge in [-0.25, -0.2) is 0 Å². The van der Waals surface area contributed by atoms with Crippen LogP contribution in [0.4, 0.5) is 5.69 Å². The number of aryl methyl sites for hydroxylation is 1. The first-order chi connectivity index (χ1) is 12.0. The van der Waals surface area contributed by atoms with Gasteiger partial charge in [-0.1, -0.05) is 13.3 Å². The van der Waals surface area contributed by atoms with E-state index < -0.39 is 4.92 Å². The Morgan fingerprint density at radius 1 is 1.20 bits per heavy atom. The van der Waals surface area contributed by atoms with E-state index in [1.165, 1.54) is 29.5 Å². The molecule has 0 bridgehead atoms. The number of thiophene rings is 1. The number of nitrogens with zero attached hydrogens (tertiary/aromatic N) is 1. The Hall–Kier alpha value is -2.73. The van der Waals surface area contributed by atoms with E-state index in [1.54, 1.807) is 24.3 Å². The number of ketones is 1. The van der Waals surface area contributed by atoms with Crippen LogP contribution in [0.3, 0.4) is 0 Å². The van der Waals surface area contributed by atoms with Crippen molar-refractivity contribution < 1.29 is 14.8 Å². The quantitative estimate of drug-likeness (QED) is 0.379. The SMILES string of the molecule is CCCCc1c(C(=O)c2ccc(O)cc2)sc2ccc([N+](=O)[O-])cc12. The minimum absolute atomic E-state index is 0.0340. The maximum Gasteiger partial charge on any atom is 0.270 e. The number of nitro benzene ring substituents is 1. The fraction of sp³-hybridized carbons (Fsp3) is 0.211. The number of nitro groups is 1. The second-order valence-corrected chi connectivity index (χ2v) is 6.88. The topological polar surface area (TPSA) is 80.4 Å². The molecule has 0 spiro atoms. The smallest absolute Gasteiger partial charge is 0.270 e. The van der Waals surface area contributed by atoms with Crippen LogP contribution in [0.5, 0.6) is 5.75 Å². The predicted octanol–water partition coefficient (Wildman–Crippen LogP) is 5.09. The molecule has 0 saturated heterocycles. The van der Waals surface area contributed by atoms with Crippen LogP contribution < -0.4 is 0 Å². The van der Waals surface area contributed by atoms with Crippen molar-refractivity contribution in [2.45, 2.75) is 26.2 Å². The summed E-state index contributed by atoms with van der Waals surface area (Å²) in [4.78, 5) is 24.2. The highest BCUT2D eigenvalue weighted by Gasteiger charge is 2.21. The van der Waals surface area contributed by atoms with Crippen molar-refractivity contribution >= 4 is 32.9 Å². The van der Waals surface area contributed by atoms with Gasteiger partial charge in [0.15, 0.2) is 0 Å². The number of non-ortho nitro benzene ring substituents is 1. The van der Waals surface area contributed by atoms with E-state index in [2.05, 4.69) is 6.92 Å². The van der Waals surface area contributed by atoms with Crippen molar-refractivity contribution in [1.82, 2.24) is 0 Å². The lowest BCUT2D eigenvalue weighted by Crippen LogP contribution is -2.02. The van der Waals surface area contributed by atoms with Gasteiger partial charge in [-0.2, -0.15) is 0 Å². The summed E-state index contributed by atoms with van der Waals surface area (Å²) in [5.41, 5.74) is 1.41. The molecule has 0 aliphatic carbocycles. The number of aromatic hydroxyl groups is 1. The van der Waals surface area contributed by atoms with Crippen molar-refractivity contribution in [3.63, 3.8) is 0 Å². The van der Waals surface area contributed by atoms with Crippen molar-refractivity contribution in [3.05, 3.63) is 68.6 Å². The fourth-order valence-electron chi connectivity index (χ4n) is 2.78. The van der Waals surface area contributed by atoms with Crippen molar-refractivity contribution in [2.24, 2.45) is 0 Å². The van der Waals surface area contributed by atoms with Gasteiger partial charge in [-0.15, -0.1) is 11.3 Å². The van der Waals surface area contributed by atoms with Gasteiger partial charge in [0.25, 0.3) is 5.69 Å². The molecule has 0 atom stereocenters. The van der Waals surface area contributed by atoms with Crippen LogP contribution >= 0.6 is 11.3 Å². The van der Waals surface area contributed by atoms with Crippen LogP contribution in [0.25, 0.3) is 10.1 Å². The summed E-state index contributed by atoms with van der Waals surface area (Å²) in [5.74, 6) is -0.00956. The standard InChI is InChI=1S/C19H17NO4S/c1-2-3-4-15-16-11-13(20(23)24)7-10-17(16)25-19(15)18(22)12-5-8-14(21)9-6-12/h5-11,21H,2-4H2,1H3. The van der Waals surface area contributed by atoms with Crippen molar-refractivity contribution in [2.75, 3.05) is 0 Å². The van der Waals surface area contributed by atoms with Crippen LogP contribution in [0.1, 0.15) is 40.6 Å². The lowest BCUT2D eigenvalue weighted by atomic mass is 10.00. The van der Waals surface area contributed by atoms with E-state index in [1.807, 2.05) is 0 Å². The number of fused-ring (bicyclic) bond motifs is 1. The van der Waals surface area contributed by atoms with Crippen molar-refractivity contribution in [1.29, 1.82) is 0 Å². The second-order valence-electron chi connectivity index (χ2n) is 5.83. The summed E-state index contributed by atoms with van der Waals surface area (Å²) in [6.45, 7) is 2.07. The summed E-state index contributed by atoms with van der Waals surface area (Å²) in [7, 11) is 0. The van der Waals surface area contributed by atoms with Gasteiger partial charge >= 0.3 is 0 Å². The van der Waals surface area contributed by atoms with Crippen LogP contribution in [-0.2, 0) is 6.42 Å². The highest BCUT2D eigenvalue weighted by Crippen LogP contribution is 2.36. The summed E-state index contributed by atoms with van der Waals surface area (Å²) < 4.78 is 0.874. The summed E-state index contributed by atoms with van der Waals surface area (Å²) in [6, 6.07) is 10.9. The highest BCUT2D eigenvalue weighted by atomic mass is 32.1. The molecular weight excluding hydrogens is 338 g/mol. The molecule has 0 unspecified atom stereocenters. The van der Waals surface area contributed by atoms with Gasteiger partial charge in [0, 0.05) is 27.8 Å². The average molecular weight is 355 g/mol. The van der Waals surface area contributed by atoms with Crippen molar-refractivity contribution in [3.8, 4) is 5.75 Å². The third-order valence-corrected chi connectivity index (χ3v) is 5.31. The maximum atomic E-state index is 12.9. The molecule has 0 fully saturated rings. The van der Waals surface area contributed by atoms with Gasteiger partial charge in [0.05, 0.1) is 9.80 Å². The molecule has 1 heterocycles. The number of benzene rings is 2. The third-order valence-electron chi connectivity index (χ3n) is 4.10. The minimum atomic E-state index is -0.415. The molecule has 3 rings (SSSR count). The molecule has 0 radical (unpaired) electrons. The van der Waals surface area contributed by atoms with E-state index in [4.69, 9.17) is 0 Å². The van der Waals surface area contributed by atoms with E-state index in [9.17, 15) is 20.0 Å². The molecular formula is C19H17NO4S. The van der Waals surface area contributed by atoms with E-state index in [-0.39, 0.29) is 17.2 Å². The number of phenolic OH excluding ortho intramolecular Hbond substituents is 1. The van der Waals surface area contributed by atoms with Gasteiger partial charge in [0.2, 0.25) is 5.78 Å². The molecule has 6 heteroatoms. The lowest BCUT2D eigenvalue weighted by molar-refractivity contribution is -0.384. The van der Waals surface area contributed by atoms with Gasteiger partial charge in [-0.05, 0) is 48.7 Å². The second kappa shape index (κ2) is 7.03. The fourth-order valence-corrected chi connectivity index (χ4v) is 3.97. The number of rotatable bonds is 6. The van der Waals surface area contributed by atoms with Gasteiger partial charge in [-0.3, -0.25) is 14.9 Å². The number of phenols is 1. The van der Waals surface area contributed by atoms with Gasteiger partial charge in [0.1, 0.15) is 5.75 Å². The van der Waals surface area contributed by atoms with E-state index in [0.717, 1.165) is 28.5 Å². The van der Waals surface area contributed by atoms with Crippen LogP contribution in [-0.4, -0.2) is 15.8 Å². The molecule has 1 N–H and O–H groups in total. The number of carbonyl (C=O) groups is 1. The van der Waals surface area contributed by atoms with E-state index >= 15 is 0 Å². The molecule has 0 aliphatic rings. The molecule has 2 aromatic carbocycles. The Balaban J connectivity index is 2.13. The molecule has 0 saturated carbocycles. The Kier molecular flexibility index (Phi) is 4.81. The summed E-state index contributed by atoms with van der Waals surface area (Å²) in [6.07, 6.45) is 2.58. The average Bonchev–Trinajstić information content (AvgIpc) is 2.97. The predicted molar refractivity (Wildman–Crippen MR) is 98.6 cm³/mol. The Morgan fingerprint density at radius 2 is 1.92 bits per heavy atom.